The van der Waals surface area contributed by atoms with Gasteiger partial charge in [0.1, 0.15) is 12.4 Å². The molecule has 4 unspecified atom stereocenters. The van der Waals surface area contributed by atoms with E-state index < -0.39 is 0 Å². The molecule has 2 aliphatic rings. The van der Waals surface area contributed by atoms with Crippen LogP contribution in [0.2, 0.25) is 0 Å². The molecule has 1 aliphatic heterocycles. The summed E-state index contributed by atoms with van der Waals surface area (Å²) in [5, 5.41) is 3.65. The lowest BCUT2D eigenvalue weighted by atomic mass is 9.81. The molecule has 1 saturated heterocycles. The van der Waals surface area contributed by atoms with Crippen molar-refractivity contribution < 1.29 is 4.74 Å². The molecule has 1 saturated carbocycles. The number of ether oxygens (including phenoxy) is 1. The Balaban J connectivity index is 1.42. The second kappa shape index (κ2) is 12.3. The normalized spacial score (nSPS) is 25.7. The van der Waals surface area contributed by atoms with Gasteiger partial charge in [-0.25, -0.2) is 0 Å². The molecule has 0 amide bonds. The van der Waals surface area contributed by atoms with Crippen molar-refractivity contribution in [3.63, 3.8) is 0 Å². The van der Waals surface area contributed by atoms with Crippen LogP contribution in [0.25, 0.3) is 0 Å². The molecule has 5 nitrogen and oxygen atoms in total. The highest BCUT2D eigenvalue weighted by Crippen LogP contribution is 2.29. The molecule has 1 aliphatic carbocycles. The van der Waals surface area contributed by atoms with Gasteiger partial charge in [0.25, 0.3) is 0 Å². The van der Waals surface area contributed by atoms with Crippen LogP contribution in [-0.4, -0.2) is 37.0 Å². The fraction of sp³-hybridized carbons (Fsp3) is 0.552. The molecule has 3 N–H and O–H groups in total. The van der Waals surface area contributed by atoms with Gasteiger partial charge in [0.2, 0.25) is 0 Å². The van der Waals surface area contributed by atoms with E-state index in [0.717, 1.165) is 43.6 Å². The van der Waals surface area contributed by atoms with Gasteiger partial charge in [0.05, 0.1) is 0 Å². The standard InChI is InChI=1S/C29H42N4O/c1-22-15-23(2)20-33(19-22)29(31-18-26-10-6-9-25(16-26)17-30)32-27-11-13-28(14-12-27)34-21-24-7-4-3-5-8-24/h3-5,7-8,11-14,22-23,25-26H,6,9-10,15-21,30H2,1-2H3,(H,31,32). The predicted molar refractivity (Wildman–Crippen MR) is 142 cm³/mol. The van der Waals surface area contributed by atoms with E-state index in [1.807, 2.05) is 30.3 Å². The number of benzene rings is 2. The highest BCUT2D eigenvalue weighted by Gasteiger charge is 2.26. The summed E-state index contributed by atoms with van der Waals surface area (Å²) in [7, 11) is 0. The SMILES string of the molecule is CC1CC(C)CN(C(=NCC2CCCC(CN)C2)Nc2ccc(OCc3ccccc3)cc2)C1. The lowest BCUT2D eigenvalue weighted by molar-refractivity contribution is 0.212. The minimum absolute atomic E-state index is 0.578. The molecule has 0 spiro atoms. The van der Waals surface area contributed by atoms with Gasteiger partial charge in [-0.3, -0.25) is 4.99 Å². The third-order valence-electron chi connectivity index (χ3n) is 7.25. The molecular formula is C29H42N4O. The summed E-state index contributed by atoms with van der Waals surface area (Å²) in [6, 6.07) is 18.5. The van der Waals surface area contributed by atoms with E-state index in [0.29, 0.717) is 30.3 Å². The molecule has 1 heterocycles. The first kappa shape index (κ1) is 24.6. The highest BCUT2D eigenvalue weighted by molar-refractivity contribution is 5.93. The zero-order chi connectivity index (χ0) is 23.8. The van der Waals surface area contributed by atoms with Crippen LogP contribution in [0.15, 0.2) is 59.6 Å². The van der Waals surface area contributed by atoms with Gasteiger partial charge in [-0.2, -0.15) is 0 Å². The number of hydrogen-bond donors (Lipinski definition) is 2. The van der Waals surface area contributed by atoms with E-state index in [4.69, 9.17) is 15.5 Å². The van der Waals surface area contributed by atoms with E-state index in [1.54, 1.807) is 0 Å². The Morgan fingerprint density at radius 2 is 1.68 bits per heavy atom. The lowest BCUT2D eigenvalue weighted by Gasteiger charge is -2.37. The average Bonchev–Trinajstić information content (AvgIpc) is 2.86. The number of piperidine rings is 1. The third-order valence-corrected chi connectivity index (χ3v) is 7.25. The fourth-order valence-corrected chi connectivity index (χ4v) is 5.56. The van der Waals surface area contributed by atoms with Gasteiger partial charge < -0.3 is 20.7 Å². The molecule has 0 bridgehead atoms. The Bertz CT molecular complexity index is 888. The highest BCUT2D eigenvalue weighted by atomic mass is 16.5. The fourth-order valence-electron chi connectivity index (χ4n) is 5.56. The molecule has 2 aromatic rings. The van der Waals surface area contributed by atoms with E-state index in [1.165, 1.54) is 37.7 Å². The van der Waals surface area contributed by atoms with E-state index in [-0.39, 0.29) is 0 Å². The molecule has 184 valence electrons. The largest absolute Gasteiger partial charge is 0.489 e. The maximum Gasteiger partial charge on any atom is 0.198 e. The molecule has 5 heteroatoms. The van der Waals surface area contributed by atoms with Gasteiger partial charge >= 0.3 is 0 Å². The Kier molecular flexibility index (Phi) is 8.86. The van der Waals surface area contributed by atoms with E-state index in [2.05, 4.69) is 48.3 Å². The van der Waals surface area contributed by atoms with E-state index >= 15 is 0 Å². The molecule has 34 heavy (non-hydrogen) atoms. The Morgan fingerprint density at radius 3 is 2.38 bits per heavy atom. The Labute approximate surface area is 205 Å². The first-order chi connectivity index (χ1) is 16.6. The second-order valence-corrected chi connectivity index (χ2v) is 10.6. The molecule has 0 radical (unpaired) electrons. The molecular weight excluding hydrogens is 420 g/mol. The molecule has 4 atom stereocenters. The number of guanidine groups is 1. The van der Waals surface area contributed by atoms with Crippen molar-refractivity contribution in [2.24, 2.45) is 34.4 Å². The molecule has 2 aromatic carbocycles. The number of nitrogens with one attached hydrogen (secondary N) is 1. The maximum atomic E-state index is 5.97. The summed E-state index contributed by atoms with van der Waals surface area (Å²) < 4.78 is 5.97. The van der Waals surface area contributed by atoms with Crippen molar-refractivity contribution in [2.45, 2.75) is 52.6 Å². The molecule has 2 fully saturated rings. The Hall–Kier alpha value is -2.53. The van der Waals surface area contributed by atoms with Crippen LogP contribution in [0.4, 0.5) is 5.69 Å². The van der Waals surface area contributed by atoms with Crippen LogP contribution in [0.5, 0.6) is 5.75 Å². The summed E-state index contributed by atoms with van der Waals surface area (Å²) in [5.74, 6) is 4.58. The van der Waals surface area contributed by atoms with Crippen molar-refractivity contribution in [3.05, 3.63) is 60.2 Å². The monoisotopic (exact) mass is 462 g/mol. The average molecular weight is 463 g/mol. The number of anilines is 1. The number of nitrogens with zero attached hydrogens (tertiary/aromatic N) is 2. The van der Waals surface area contributed by atoms with Crippen LogP contribution in [0.3, 0.4) is 0 Å². The summed E-state index contributed by atoms with van der Waals surface area (Å²) in [5.41, 5.74) is 8.20. The van der Waals surface area contributed by atoms with Gasteiger partial charge in [-0.15, -0.1) is 0 Å². The van der Waals surface area contributed by atoms with Crippen LogP contribution in [-0.2, 0) is 6.61 Å². The van der Waals surface area contributed by atoms with Crippen molar-refractivity contribution >= 4 is 11.6 Å². The summed E-state index contributed by atoms with van der Waals surface area (Å²) >= 11 is 0. The Morgan fingerprint density at radius 1 is 0.971 bits per heavy atom. The van der Waals surface area contributed by atoms with Crippen LogP contribution >= 0.6 is 0 Å². The minimum atomic E-state index is 0.578. The van der Waals surface area contributed by atoms with Crippen molar-refractivity contribution in [3.8, 4) is 5.75 Å². The van der Waals surface area contributed by atoms with Gasteiger partial charge in [-0.1, -0.05) is 50.6 Å². The number of rotatable bonds is 7. The predicted octanol–water partition coefficient (Wildman–Crippen LogP) is 5.78. The van der Waals surface area contributed by atoms with Gasteiger partial charge in [0.15, 0.2) is 5.96 Å². The van der Waals surface area contributed by atoms with E-state index in [9.17, 15) is 0 Å². The van der Waals surface area contributed by atoms with Gasteiger partial charge in [-0.05, 0) is 85.7 Å². The quantitative estimate of drug-likeness (QED) is 0.405. The van der Waals surface area contributed by atoms with Crippen LogP contribution < -0.4 is 15.8 Å². The lowest BCUT2D eigenvalue weighted by Crippen LogP contribution is -2.46. The van der Waals surface area contributed by atoms with Crippen LogP contribution in [0.1, 0.15) is 51.5 Å². The first-order valence-electron chi connectivity index (χ1n) is 13.1. The third kappa shape index (κ3) is 7.23. The number of nitrogens with two attached hydrogens (primary N) is 1. The number of likely N-dealkylation sites (tertiary alicyclic amines) is 1. The second-order valence-electron chi connectivity index (χ2n) is 10.6. The minimum Gasteiger partial charge on any atom is -0.489 e. The smallest absolute Gasteiger partial charge is 0.198 e. The van der Waals surface area contributed by atoms with Crippen molar-refractivity contribution in [2.75, 3.05) is 31.5 Å². The summed E-state index contributed by atoms with van der Waals surface area (Å²) in [6.07, 6.45) is 6.34. The topological polar surface area (TPSA) is 62.9 Å². The number of hydrogen-bond acceptors (Lipinski definition) is 3. The summed E-state index contributed by atoms with van der Waals surface area (Å²) in [4.78, 5) is 7.62. The van der Waals surface area contributed by atoms with Gasteiger partial charge in [0, 0.05) is 25.3 Å². The summed E-state index contributed by atoms with van der Waals surface area (Å²) in [6.45, 7) is 9.10. The zero-order valence-corrected chi connectivity index (χ0v) is 21.0. The van der Waals surface area contributed by atoms with Crippen LogP contribution in [0, 0.1) is 23.7 Å². The first-order valence-corrected chi connectivity index (χ1v) is 13.1. The number of aliphatic imine (C=N–C) groups is 1. The van der Waals surface area contributed by atoms with Crippen molar-refractivity contribution in [1.82, 2.24) is 4.90 Å². The van der Waals surface area contributed by atoms with Crippen molar-refractivity contribution in [1.29, 1.82) is 0 Å². The molecule has 4 rings (SSSR count). The zero-order valence-electron chi connectivity index (χ0n) is 21.0. The molecule has 0 aromatic heterocycles. The maximum absolute atomic E-state index is 5.97.